The second-order valence-electron chi connectivity index (χ2n) is 2.29. The summed E-state index contributed by atoms with van der Waals surface area (Å²) in [5, 5.41) is 6.74. The van der Waals surface area contributed by atoms with Gasteiger partial charge in [0.15, 0.2) is 0 Å². The molecule has 0 bridgehead atoms. The summed E-state index contributed by atoms with van der Waals surface area (Å²) in [6.07, 6.45) is 0.889. The van der Waals surface area contributed by atoms with E-state index in [1.807, 2.05) is 43.3 Å². The second kappa shape index (κ2) is 7.00. The minimum atomic E-state index is 0.755. The van der Waals surface area contributed by atoms with Crippen molar-refractivity contribution in [3.05, 3.63) is 36.4 Å². The van der Waals surface area contributed by atoms with Crippen molar-refractivity contribution in [2.24, 2.45) is 0 Å². The molecule has 11 heavy (non-hydrogen) atoms. The Bertz CT molecular complexity index is 153. The zero-order chi connectivity index (χ0) is 8.53. The summed E-state index contributed by atoms with van der Waals surface area (Å²) in [7, 11) is 0. The van der Waals surface area contributed by atoms with Gasteiger partial charge < -0.3 is 5.41 Å². The Morgan fingerprint density at radius 3 is 1.27 bits per heavy atom. The highest BCUT2D eigenvalue weighted by Crippen LogP contribution is 1.79. The van der Waals surface area contributed by atoms with Gasteiger partial charge >= 0.3 is 0 Å². The van der Waals surface area contributed by atoms with Crippen LogP contribution in [0.25, 0.3) is 0 Å². The first-order valence-electron chi connectivity index (χ1n) is 3.81. The van der Waals surface area contributed by atoms with Crippen LogP contribution >= 0.6 is 0 Å². The van der Waals surface area contributed by atoms with Crippen LogP contribution in [-0.2, 0) is 0 Å². The van der Waals surface area contributed by atoms with Crippen molar-refractivity contribution in [1.82, 2.24) is 0 Å². The lowest BCUT2D eigenvalue weighted by Gasteiger charge is -1.77. The van der Waals surface area contributed by atoms with Crippen molar-refractivity contribution >= 4 is 5.71 Å². The molecular weight excluding hydrogens is 134 g/mol. The minimum Gasteiger partial charge on any atom is -0.310 e. The first-order chi connectivity index (χ1) is 5.27. The molecule has 1 aromatic carbocycles. The molecule has 60 valence electrons. The average Bonchev–Trinajstić information content (AvgIpc) is 2.09. The summed E-state index contributed by atoms with van der Waals surface area (Å²) in [6.45, 7) is 3.78. The standard InChI is InChI=1S/C6H6.C4H9N/c1-2-4-6-5-3-1;1-3-4(2)5/h1-6H;5H,3H2,1-2H3. The van der Waals surface area contributed by atoms with Crippen molar-refractivity contribution in [3.63, 3.8) is 0 Å². The zero-order valence-corrected chi connectivity index (χ0v) is 7.17. The van der Waals surface area contributed by atoms with Gasteiger partial charge in [-0.2, -0.15) is 0 Å². The molecule has 0 fully saturated rings. The van der Waals surface area contributed by atoms with Gasteiger partial charge in [0.05, 0.1) is 0 Å². The van der Waals surface area contributed by atoms with Crippen LogP contribution < -0.4 is 0 Å². The molecule has 1 aromatic rings. The van der Waals surface area contributed by atoms with E-state index in [0.29, 0.717) is 0 Å². The third-order valence-electron chi connectivity index (χ3n) is 1.20. The summed E-state index contributed by atoms with van der Waals surface area (Å²) < 4.78 is 0. The van der Waals surface area contributed by atoms with E-state index < -0.39 is 0 Å². The zero-order valence-electron chi connectivity index (χ0n) is 7.17. The predicted molar refractivity (Wildman–Crippen MR) is 50.1 cm³/mol. The fourth-order valence-electron chi connectivity index (χ4n) is 0.385. The first-order valence-corrected chi connectivity index (χ1v) is 3.81. The molecule has 0 radical (unpaired) electrons. The maximum absolute atomic E-state index is 6.74. The number of hydrogen-bond acceptors (Lipinski definition) is 1. The number of rotatable bonds is 1. The van der Waals surface area contributed by atoms with E-state index in [0.717, 1.165) is 12.1 Å². The van der Waals surface area contributed by atoms with E-state index in [-0.39, 0.29) is 0 Å². The average molecular weight is 149 g/mol. The molecule has 0 aliphatic carbocycles. The van der Waals surface area contributed by atoms with Gasteiger partial charge in [0, 0.05) is 5.71 Å². The Morgan fingerprint density at radius 2 is 1.18 bits per heavy atom. The van der Waals surface area contributed by atoms with Crippen LogP contribution in [0.2, 0.25) is 0 Å². The summed E-state index contributed by atoms with van der Waals surface area (Å²) in [6, 6.07) is 12.0. The monoisotopic (exact) mass is 149 g/mol. The summed E-state index contributed by atoms with van der Waals surface area (Å²) in [5.74, 6) is 0. The summed E-state index contributed by atoms with van der Waals surface area (Å²) in [5.41, 5.74) is 0.755. The van der Waals surface area contributed by atoms with E-state index in [2.05, 4.69) is 0 Å². The van der Waals surface area contributed by atoms with E-state index in [1.165, 1.54) is 0 Å². The molecule has 0 aliphatic rings. The maximum atomic E-state index is 6.74. The van der Waals surface area contributed by atoms with Crippen molar-refractivity contribution < 1.29 is 0 Å². The number of benzene rings is 1. The lowest BCUT2D eigenvalue weighted by atomic mass is 10.3. The molecule has 0 aromatic heterocycles. The van der Waals surface area contributed by atoms with Crippen molar-refractivity contribution in [2.45, 2.75) is 20.3 Å². The fraction of sp³-hybridized carbons (Fsp3) is 0.300. The minimum absolute atomic E-state index is 0.755. The van der Waals surface area contributed by atoms with Gasteiger partial charge in [-0.05, 0) is 13.3 Å². The van der Waals surface area contributed by atoms with E-state index in [9.17, 15) is 0 Å². The van der Waals surface area contributed by atoms with Gasteiger partial charge in [-0.15, -0.1) is 0 Å². The fourth-order valence-corrected chi connectivity index (χ4v) is 0.385. The topological polar surface area (TPSA) is 23.9 Å². The third kappa shape index (κ3) is 8.89. The Labute approximate surface area is 68.6 Å². The largest absolute Gasteiger partial charge is 0.310 e. The number of nitrogens with one attached hydrogen (secondary N) is 1. The van der Waals surface area contributed by atoms with Gasteiger partial charge in [-0.3, -0.25) is 0 Å². The van der Waals surface area contributed by atoms with E-state index in [1.54, 1.807) is 6.92 Å². The molecule has 0 heterocycles. The smallest absolute Gasteiger partial charge is 0.00554 e. The molecule has 0 saturated heterocycles. The Morgan fingerprint density at radius 1 is 1.00 bits per heavy atom. The highest BCUT2D eigenvalue weighted by molar-refractivity contribution is 5.77. The Hall–Kier alpha value is -1.11. The van der Waals surface area contributed by atoms with Gasteiger partial charge in [0.2, 0.25) is 0 Å². The van der Waals surface area contributed by atoms with Crippen molar-refractivity contribution in [1.29, 1.82) is 5.41 Å². The summed E-state index contributed by atoms with van der Waals surface area (Å²) >= 11 is 0. The quantitative estimate of drug-likeness (QED) is 0.593. The van der Waals surface area contributed by atoms with Crippen LogP contribution in [0.4, 0.5) is 0 Å². The van der Waals surface area contributed by atoms with Crippen LogP contribution in [0.1, 0.15) is 20.3 Å². The van der Waals surface area contributed by atoms with Crippen LogP contribution in [0.15, 0.2) is 36.4 Å². The third-order valence-corrected chi connectivity index (χ3v) is 1.20. The van der Waals surface area contributed by atoms with Gasteiger partial charge in [0.25, 0.3) is 0 Å². The molecule has 1 heteroatoms. The lowest BCUT2D eigenvalue weighted by Crippen LogP contribution is -1.78. The van der Waals surface area contributed by atoms with Gasteiger partial charge in [0.1, 0.15) is 0 Å². The predicted octanol–water partition coefficient (Wildman–Crippen LogP) is 3.12. The first kappa shape index (κ1) is 9.89. The molecule has 1 rings (SSSR count). The molecule has 0 unspecified atom stereocenters. The van der Waals surface area contributed by atoms with Crippen LogP contribution in [0, 0.1) is 5.41 Å². The van der Waals surface area contributed by atoms with Crippen molar-refractivity contribution in [3.8, 4) is 0 Å². The SMILES string of the molecule is CCC(C)=N.c1ccccc1. The molecule has 1 N–H and O–H groups in total. The number of hydrogen-bond donors (Lipinski definition) is 1. The molecular formula is C10H15N. The molecule has 0 spiro atoms. The van der Waals surface area contributed by atoms with Gasteiger partial charge in [-0.25, -0.2) is 0 Å². The van der Waals surface area contributed by atoms with Crippen LogP contribution in [0.3, 0.4) is 0 Å². The van der Waals surface area contributed by atoms with E-state index >= 15 is 0 Å². The highest BCUT2D eigenvalue weighted by Gasteiger charge is 1.70. The van der Waals surface area contributed by atoms with Crippen LogP contribution in [-0.4, -0.2) is 5.71 Å². The normalized spacial score (nSPS) is 7.82. The molecule has 0 atom stereocenters. The lowest BCUT2D eigenvalue weighted by molar-refractivity contribution is 1.23. The molecule has 0 aliphatic heterocycles. The summed E-state index contributed by atoms with van der Waals surface area (Å²) in [4.78, 5) is 0. The van der Waals surface area contributed by atoms with Crippen LogP contribution in [0.5, 0.6) is 0 Å². The maximum Gasteiger partial charge on any atom is 0.00554 e. The molecule has 0 saturated carbocycles. The Kier molecular flexibility index (Phi) is 6.30. The Balaban J connectivity index is 0.000000187. The molecule has 1 nitrogen and oxygen atoms in total. The van der Waals surface area contributed by atoms with Gasteiger partial charge in [-0.1, -0.05) is 43.3 Å². The second-order valence-corrected chi connectivity index (χ2v) is 2.29. The van der Waals surface area contributed by atoms with Crippen molar-refractivity contribution in [2.75, 3.05) is 0 Å². The highest BCUT2D eigenvalue weighted by atomic mass is 14.4. The molecule has 0 amide bonds. The van der Waals surface area contributed by atoms with E-state index in [4.69, 9.17) is 5.41 Å².